The highest BCUT2D eigenvalue weighted by Gasteiger charge is 2.31. The van der Waals surface area contributed by atoms with E-state index in [-0.39, 0.29) is 24.2 Å². The standard InChI is InChI=1S/C23H29ClN2O3/c1-3-21(23(27)28-4-2)26-15-12-19(13-16-26)29-22(20-7-5-6-14-25-20)17-8-10-18(24)11-9-17/h5-11,14,19,21-22H,3-4,12-13,15-16H2,1-2H3/t21?,22-/m0/s1. The van der Waals surface area contributed by atoms with E-state index < -0.39 is 0 Å². The quantitative estimate of drug-likeness (QED) is 0.586. The van der Waals surface area contributed by atoms with E-state index in [1.807, 2.05) is 56.3 Å². The van der Waals surface area contributed by atoms with Crippen molar-refractivity contribution >= 4 is 17.6 Å². The fourth-order valence-corrected chi connectivity index (χ4v) is 3.94. The first-order chi connectivity index (χ1) is 14.1. The Hall–Kier alpha value is -1.95. The molecule has 1 fully saturated rings. The summed E-state index contributed by atoms with van der Waals surface area (Å²) in [7, 11) is 0. The van der Waals surface area contributed by atoms with Gasteiger partial charge >= 0.3 is 5.97 Å². The van der Waals surface area contributed by atoms with Gasteiger partial charge in [0.05, 0.1) is 18.4 Å². The highest BCUT2D eigenvalue weighted by Crippen LogP contribution is 2.30. The molecule has 3 rings (SSSR count). The third-order valence-electron chi connectivity index (χ3n) is 5.32. The van der Waals surface area contributed by atoms with E-state index in [9.17, 15) is 4.79 Å². The van der Waals surface area contributed by atoms with E-state index in [4.69, 9.17) is 21.1 Å². The largest absolute Gasteiger partial charge is 0.465 e. The predicted molar refractivity (Wildman–Crippen MR) is 114 cm³/mol. The first-order valence-corrected chi connectivity index (χ1v) is 10.7. The SMILES string of the molecule is CCOC(=O)C(CC)N1CCC(O[C@@H](c2ccc(Cl)cc2)c2ccccn2)CC1. The lowest BCUT2D eigenvalue weighted by atomic mass is 10.0. The number of rotatable bonds is 8. The zero-order chi connectivity index (χ0) is 20.6. The Morgan fingerprint density at radius 2 is 1.90 bits per heavy atom. The maximum absolute atomic E-state index is 12.2. The third kappa shape index (κ3) is 5.78. The second kappa shape index (κ2) is 10.7. The van der Waals surface area contributed by atoms with Gasteiger partial charge in [-0.2, -0.15) is 0 Å². The zero-order valence-electron chi connectivity index (χ0n) is 17.1. The number of hydrogen-bond acceptors (Lipinski definition) is 5. The molecule has 2 aromatic rings. The molecule has 1 aliphatic heterocycles. The summed E-state index contributed by atoms with van der Waals surface area (Å²) in [6.45, 7) is 5.93. The Balaban J connectivity index is 1.67. The minimum atomic E-state index is -0.239. The van der Waals surface area contributed by atoms with Crippen LogP contribution in [0.25, 0.3) is 0 Å². The molecule has 29 heavy (non-hydrogen) atoms. The van der Waals surface area contributed by atoms with E-state index in [0.717, 1.165) is 43.6 Å². The van der Waals surface area contributed by atoms with Gasteiger partial charge in [-0.05, 0) is 56.0 Å². The number of likely N-dealkylation sites (tertiary alicyclic amines) is 1. The Morgan fingerprint density at radius 1 is 1.17 bits per heavy atom. The molecule has 0 radical (unpaired) electrons. The molecule has 1 unspecified atom stereocenters. The summed E-state index contributed by atoms with van der Waals surface area (Å²) in [5, 5.41) is 0.700. The number of halogens is 1. The molecule has 156 valence electrons. The van der Waals surface area contributed by atoms with Crippen LogP contribution in [0.1, 0.15) is 50.5 Å². The van der Waals surface area contributed by atoms with Crippen LogP contribution in [-0.4, -0.2) is 47.7 Å². The number of hydrogen-bond donors (Lipinski definition) is 0. The molecule has 5 nitrogen and oxygen atoms in total. The lowest BCUT2D eigenvalue weighted by Gasteiger charge is -2.37. The summed E-state index contributed by atoms with van der Waals surface area (Å²) in [5.74, 6) is -0.123. The van der Waals surface area contributed by atoms with Crippen molar-refractivity contribution in [1.29, 1.82) is 0 Å². The fraction of sp³-hybridized carbons (Fsp3) is 0.478. The first kappa shape index (κ1) is 21.8. The molecular weight excluding hydrogens is 388 g/mol. The molecule has 6 heteroatoms. The number of nitrogens with zero attached hydrogens (tertiary/aromatic N) is 2. The van der Waals surface area contributed by atoms with Crippen LogP contribution in [0.2, 0.25) is 5.02 Å². The monoisotopic (exact) mass is 416 g/mol. The number of ether oxygens (including phenoxy) is 2. The molecule has 0 amide bonds. The Morgan fingerprint density at radius 3 is 2.48 bits per heavy atom. The second-order valence-electron chi connectivity index (χ2n) is 7.23. The molecule has 1 aromatic heterocycles. The Kier molecular flexibility index (Phi) is 8.04. The number of benzene rings is 1. The molecule has 0 bridgehead atoms. The highest BCUT2D eigenvalue weighted by atomic mass is 35.5. The molecule has 2 atom stereocenters. The average molecular weight is 417 g/mol. The summed E-state index contributed by atoms with van der Waals surface area (Å²) >= 11 is 6.06. The number of aromatic nitrogens is 1. The minimum absolute atomic E-state index is 0.105. The number of carbonyl (C=O) groups excluding carboxylic acids is 1. The van der Waals surface area contributed by atoms with Crippen molar-refractivity contribution in [1.82, 2.24) is 9.88 Å². The number of esters is 1. The van der Waals surface area contributed by atoms with E-state index >= 15 is 0 Å². The van der Waals surface area contributed by atoms with Gasteiger partial charge in [0, 0.05) is 24.3 Å². The van der Waals surface area contributed by atoms with Crippen molar-refractivity contribution in [3.05, 3.63) is 64.9 Å². The van der Waals surface area contributed by atoms with Crippen molar-refractivity contribution in [3.63, 3.8) is 0 Å². The van der Waals surface area contributed by atoms with Gasteiger partial charge in [-0.25, -0.2) is 0 Å². The predicted octanol–water partition coefficient (Wildman–Crippen LogP) is 4.65. The van der Waals surface area contributed by atoms with Crippen LogP contribution in [0.15, 0.2) is 48.7 Å². The van der Waals surface area contributed by atoms with Crippen molar-refractivity contribution in [2.45, 2.75) is 51.4 Å². The zero-order valence-corrected chi connectivity index (χ0v) is 17.8. The van der Waals surface area contributed by atoms with Gasteiger partial charge in [-0.15, -0.1) is 0 Å². The van der Waals surface area contributed by atoms with Crippen LogP contribution < -0.4 is 0 Å². The summed E-state index contributed by atoms with van der Waals surface area (Å²) in [6, 6.07) is 13.4. The summed E-state index contributed by atoms with van der Waals surface area (Å²) in [4.78, 5) is 18.9. The van der Waals surface area contributed by atoms with E-state index in [0.29, 0.717) is 11.6 Å². The average Bonchev–Trinajstić information content (AvgIpc) is 2.75. The number of carbonyl (C=O) groups is 1. The van der Waals surface area contributed by atoms with Crippen LogP contribution in [0.4, 0.5) is 0 Å². The summed E-state index contributed by atoms with van der Waals surface area (Å²) in [5.41, 5.74) is 1.92. The van der Waals surface area contributed by atoms with E-state index in [1.165, 1.54) is 0 Å². The van der Waals surface area contributed by atoms with Crippen LogP contribution in [-0.2, 0) is 14.3 Å². The minimum Gasteiger partial charge on any atom is -0.465 e. The van der Waals surface area contributed by atoms with E-state index in [1.54, 1.807) is 6.20 Å². The molecule has 0 N–H and O–H groups in total. The van der Waals surface area contributed by atoms with Crippen LogP contribution in [0.5, 0.6) is 0 Å². The van der Waals surface area contributed by atoms with Gasteiger partial charge in [-0.3, -0.25) is 14.7 Å². The van der Waals surface area contributed by atoms with Crippen LogP contribution >= 0.6 is 11.6 Å². The van der Waals surface area contributed by atoms with Crippen LogP contribution in [0.3, 0.4) is 0 Å². The van der Waals surface area contributed by atoms with Crippen molar-refractivity contribution in [3.8, 4) is 0 Å². The van der Waals surface area contributed by atoms with Gasteiger partial charge in [0.1, 0.15) is 12.1 Å². The number of pyridine rings is 1. The molecule has 1 aromatic carbocycles. The first-order valence-electron chi connectivity index (χ1n) is 10.3. The van der Waals surface area contributed by atoms with Crippen molar-refractivity contribution in [2.75, 3.05) is 19.7 Å². The normalized spacial score (nSPS) is 17.6. The molecule has 0 saturated carbocycles. The van der Waals surface area contributed by atoms with Gasteiger partial charge in [-0.1, -0.05) is 36.7 Å². The second-order valence-corrected chi connectivity index (χ2v) is 7.67. The summed E-state index contributed by atoms with van der Waals surface area (Å²) in [6.07, 6.45) is 4.14. The maximum Gasteiger partial charge on any atom is 0.323 e. The van der Waals surface area contributed by atoms with Crippen molar-refractivity contribution in [2.24, 2.45) is 0 Å². The smallest absolute Gasteiger partial charge is 0.323 e. The lowest BCUT2D eigenvalue weighted by molar-refractivity contribution is -0.151. The van der Waals surface area contributed by atoms with Gasteiger partial charge in [0.25, 0.3) is 0 Å². The molecular formula is C23H29ClN2O3. The van der Waals surface area contributed by atoms with Gasteiger partial charge in [0.2, 0.25) is 0 Å². The number of piperidine rings is 1. The molecule has 0 spiro atoms. The highest BCUT2D eigenvalue weighted by molar-refractivity contribution is 6.30. The van der Waals surface area contributed by atoms with Gasteiger partial charge < -0.3 is 9.47 Å². The van der Waals surface area contributed by atoms with Gasteiger partial charge in [0.15, 0.2) is 0 Å². The van der Waals surface area contributed by atoms with Crippen LogP contribution in [0, 0.1) is 0 Å². The molecule has 2 heterocycles. The van der Waals surface area contributed by atoms with Crippen molar-refractivity contribution < 1.29 is 14.3 Å². The maximum atomic E-state index is 12.2. The Bertz CT molecular complexity index is 761. The third-order valence-corrected chi connectivity index (χ3v) is 5.57. The molecule has 1 aliphatic rings. The fourth-order valence-electron chi connectivity index (χ4n) is 3.82. The molecule has 0 aliphatic carbocycles. The topological polar surface area (TPSA) is 51.7 Å². The van der Waals surface area contributed by atoms with E-state index in [2.05, 4.69) is 9.88 Å². The Labute approximate surface area is 178 Å². The lowest BCUT2D eigenvalue weighted by Crippen LogP contribution is -2.47. The molecule has 1 saturated heterocycles. The summed E-state index contributed by atoms with van der Waals surface area (Å²) < 4.78 is 11.8.